The Bertz CT molecular complexity index is 598. The lowest BCUT2D eigenvalue weighted by Gasteiger charge is -2.19. The van der Waals surface area contributed by atoms with Crippen LogP contribution in [-0.4, -0.2) is 5.94 Å². The van der Waals surface area contributed by atoms with Crippen molar-refractivity contribution in [2.75, 3.05) is 0 Å². The molecular weight excluding hydrogens is 272 g/mol. The molecule has 0 saturated heterocycles. The van der Waals surface area contributed by atoms with Gasteiger partial charge in [0.2, 0.25) is 0 Å². The van der Waals surface area contributed by atoms with E-state index in [9.17, 15) is 4.79 Å². The lowest BCUT2D eigenvalue weighted by Crippen LogP contribution is -2.25. The van der Waals surface area contributed by atoms with Gasteiger partial charge in [-0.1, -0.05) is 43.1 Å². The first-order valence-corrected chi connectivity index (χ1v) is 7.03. The van der Waals surface area contributed by atoms with Crippen molar-refractivity contribution in [3.05, 3.63) is 64.1 Å². The lowest BCUT2D eigenvalue weighted by atomic mass is 10.0. The molecule has 0 amide bonds. The summed E-state index contributed by atoms with van der Waals surface area (Å²) in [6, 6.07) is 7.66. The summed E-state index contributed by atoms with van der Waals surface area (Å²) < 4.78 is 0. The molecule has 0 unspecified atom stereocenters. The number of rotatable bonds is 5. The van der Waals surface area contributed by atoms with Crippen molar-refractivity contribution >= 4 is 17.5 Å². The van der Waals surface area contributed by atoms with Gasteiger partial charge in [0.1, 0.15) is 5.70 Å². The summed E-state index contributed by atoms with van der Waals surface area (Å²) >= 11 is 6.14. The molecule has 0 atom stereocenters. The molecule has 4 heteroatoms. The molecule has 20 heavy (non-hydrogen) atoms. The quantitative estimate of drug-likeness (QED) is 0.817. The summed E-state index contributed by atoms with van der Waals surface area (Å²) in [5, 5.41) is 6.93. The highest BCUT2D eigenvalue weighted by Gasteiger charge is 2.14. The normalized spacial score (nSPS) is 14.0. The van der Waals surface area contributed by atoms with Gasteiger partial charge in [0.25, 0.3) is 0 Å². The molecule has 104 valence electrons. The van der Waals surface area contributed by atoms with Crippen molar-refractivity contribution in [2.24, 2.45) is 0 Å². The Morgan fingerprint density at radius 2 is 2.15 bits per heavy atom. The number of benzene rings is 1. The molecule has 0 radical (unpaired) electrons. The average molecular weight is 289 g/mol. The summed E-state index contributed by atoms with van der Waals surface area (Å²) in [7, 11) is 0. The second-order valence-corrected chi connectivity index (χ2v) is 4.96. The zero-order valence-electron chi connectivity index (χ0n) is 11.4. The highest BCUT2D eigenvalue weighted by Crippen LogP contribution is 2.20. The van der Waals surface area contributed by atoms with Crippen molar-refractivity contribution in [1.82, 2.24) is 10.6 Å². The van der Waals surface area contributed by atoms with Crippen molar-refractivity contribution in [1.29, 1.82) is 0 Å². The number of halogens is 1. The number of allylic oxidation sites excluding steroid dienone is 2. The molecular formula is C16H17ClN2O. The van der Waals surface area contributed by atoms with Crippen LogP contribution in [0.1, 0.15) is 25.3 Å². The minimum atomic E-state index is 0.447. The zero-order valence-corrected chi connectivity index (χ0v) is 12.1. The van der Waals surface area contributed by atoms with Gasteiger partial charge < -0.3 is 10.6 Å². The van der Waals surface area contributed by atoms with Crippen LogP contribution in [0.25, 0.3) is 0 Å². The van der Waals surface area contributed by atoms with Crippen LogP contribution in [0.4, 0.5) is 0 Å². The van der Waals surface area contributed by atoms with Crippen molar-refractivity contribution < 1.29 is 4.79 Å². The van der Waals surface area contributed by atoms with E-state index in [4.69, 9.17) is 11.6 Å². The first kappa shape index (κ1) is 14.4. The second-order valence-electron chi connectivity index (χ2n) is 4.55. The fourth-order valence-corrected chi connectivity index (χ4v) is 2.33. The minimum Gasteiger partial charge on any atom is -0.378 e. The second kappa shape index (κ2) is 6.99. The van der Waals surface area contributed by atoms with Gasteiger partial charge in [0.15, 0.2) is 5.94 Å². The van der Waals surface area contributed by atoms with Gasteiger partial charge >= 0.3 is 0 Å². The summed E-state index contributed by atoms with van der Waals surface area (Å²) in [6.45, 7) is 2.68. The third-order valence-corrected chi connectivity index (χ3v) is 3.49. The van der Waals surface area contributed by atoms with Gasteiger partial charge in [0.05, 0.1) is 5.70 Å². The highest BCUT2D eigenvalue weighted by molar-refractivity contribution is 6.31. The number of dihydropyridines is 1. The van der Waals surface area contributed by atoms with Crippen LogP contribution in [0.2, 0.25) is 5.02 Å². The Hall–Kier alpha value is -1.96. The van der Waals surface area contributed by atoms with Gasteiger partial charge in [0, 0.05) is 17.8 Å². The Labute approximate surface area is 124 Å². The third-order valence-electron chi connectivity index (χ3n) is 3.12. The van der Waals surface area contributed by atoms with E-state index in [2.05, 4.69) is 17.6 Å². The predicted molar refractivity (Wildman–Crippen MR) is 81.7 cm³/mol. The molecule has 0 aliphatic carbocycles. The van der Waals surface area contributed by atoms with Gasteiger partial charge in [-0.2, -0.15) is 0 Å². The van der Waals surface area contributed by atoms with Crippen LogP contribution in [0.15, 0.2) is 53.5 Å². The molecule has 0 saturated carbocycles. The van der Waals surface area contributed by atoms with Gasteiger partial charge in [-0.25, -0.2) is 4.79 Å². The van der Waals surface area contributed by atoms with Crippen LogP contribution in [0.3, 0.4) is 0 Å². The standard InChI is InChI=1S/C16H17ClN2O/c1-2-5-12-8-9-18-15(11-20)16(12)19-10-13-6-3-4-7-14(13)17/h3-4,6-9,18-19H,2,5,10H2,1H3. The molecule has 1 aromatic rings. The van der Waals surface area contributed by atoms with Gasteiger partial charge in [-0.15, -0.1) is 0 Å². The maximum Gasteiger partial charge on any atom is 0.152 e. The molecule has 2 rings (SSSR count). The van der Waals surface area contributed by atoms with E-state index in [0.29, 0.717) is 17.3 Å². The zero-order chi connectivity index (χ0) is 14.4. The molecule has 0 bridgehead atoms. The monoisotopic (exact) mass is 288 g/mol. The van der Waals surface area contributed by atoms with Crippen molar-refractivity contribution in [3.63, 3.8) is 0 Å². The number of carbonyl (C=O) groups excluding carboxylic acids is 1. The Morgan fingerprint density at radius 1 is 1.35 bits per heavy atom. The molecule has 3 nitrogen and oxygen atoms in total. The van der Waals surface area contributed by atoms with Crippen LogP contribution in [0, 0.1) is 0 Å². The van der Waals surface area contributed by atoms with Crippen LogP contribution in [0.5, 0.6) is 0 Å². The van der Waals surface area contributed by atoms with Crippen LogP contribution < -0.4 is 10.6 Å². The number of nitrogens with one attached hydrogen (secondary N) is 2. The maximum absolute atomic E-state index is 11.0. The molecule has 0 spiro atoms. The Balaban J connectivity index is 2.21. The number of hydrogen-bond acceptors (Lipinski definition) is 3. The summed E-state index contributed by atoms with van der Waals surface area (Å²) in [5.74, 6) is 1.94. The first-order chi connectivity index (χ1) is 9.76. The maximum atomic E-state index is 11.0. The van der Waals surface area contributed by atoms with Gasteiger partial charge in [-0.3, -0.25) is 0 Å². The molecule has 2 N–H and O–H groups in total. The van der Waals surface area contributed by atoms with E-state index in [0.717, 1.165) is 29.7 Å². The highest BCUT2D eigenvalue weighted by atomic mass is 35.5. The van der Waals surface area contributed by atoms with Crippen LogP contribution in [-0.2, 0) is 11.3 Å². The SMILES string of the molecule is CCCC1=C(NCc2ccccc2Cl)C(=C=O)NC=C1. The molecule has 0 aromatic heterocycles. The van der Waals surface area contributed by atoms with E-state index in [1.165, 1.54) is 0 Å². The van der Waals surface area contributed by atoms with E-state index >= 15 is 0 Å². The minimum absolute atomic E-state index is 0.447. The van der Waals surface area contributed by atoms with Crippen molar-refractivity contribution in [2.45, 2.75) is 26.3 Å². The van der Waals surface area contributed by atoms with E-state index in [1.54, 1.807) is 6.20 Å². The van der Waals surface area contributed by atoms with E-state index in [1.807, 2.05) is 36.3 Å². The number of hydrogen-bond donors (Lipinski definition) is 2. The fraction of sp³-hybridized carbons (Fsp3) is 0.250. The molecule has 1 aromatic carbocycles. The van der Waals surface area contributed by atoms with E-state index in [-0.39, 0.29) is 0 Å². The molecule has 1 aliphatic rings. The largest absolute Gasteiger partial charge is 0.378 e. The molecule has 1 aliphatic heterocycles. The van der Waals surface area contributed by atoms with E-state index < -0.39 is 0 Å². The predicted octanol–water partition coefficient (Wildman–Crippen LogP) is 3.32. The molecule has 0 fully saturated rings. The fourth-order valence-electron chi connectivity index (χ4n) is 2.13. The first-order valence-electron chi connectivity index (χ1n) is 6.65. The summed E-state index contributed by atoms with van der Waals surface area (Å²) in [4.78, 5) is 11.0. The molecule has 1 heterocycles. The smallest absolute Gasteiger partial charge is 0.152 e. The third kappa shape index (κ3) is 3.32. The Kier molecular flexibility index (Phi) is 5.05. The van der Waals surface area contributed by atoms with Crippen LogP contribution >= 0.6 is 11.6 Å². The topological polar surface area (TPSA) is 41.1 Å². The Morgan fingerprint density at radius 3 is 2.85 bits per heavy atom. The lowest BCUT2D eigenvalue weighted by molar-refractivity contribution is 0.565. The van der Waals surface area contributed by atoms with Gasteiger partial charge in [-0.05, 0) is 29.7 Å². The summed E-state index contributed by atoms with van der Waals surface area (Å²) in [6.07, 6.45) is 5.68. The summed E-state index contributed by atoms with van der Waals surface area (Å²) in [5.41, 5.74) is 3.36. The van der Waals surface area contributed by atoms with Crippen molar-refractivity contribution in [3.8, 4) is 0 Å². The average Bonchev–Trinajstić information content (AvgIpc) is 2.47.